The maximum absolute atomic E-state index is 6.13. The third-order valence-corrected chi connectivity index (χ3v) is 5.31. The number of hydrogen-bond acceptors (Lipinski definition) is 5. The normalized spacial score (nSPS) is 21.6. The van der Waals surface area contributed by atoms with Crippen molar-refractivity contribution in [3.05, 3.63) is 23.9 Å². The molecule has 28 heavy (non-hydrogen) atoms. The van der Waals surface area contributed by atoms with E-state index in [1.54, 1.807) is 13.3 Å². The summed E-state index contributed by atoms with van der Waals surface area (Å²) < 4.78 is 17.2. The van der Waals surface area contributed by atoms with Gasteiger partial charge in [-0.3, -0.25) is 0 Å². The van der Waals surface area contributed by atoms with Crippen LogP contribution in [-0.4, -0.2) is 68.0 Å². The van der Waals surface area contributed by atoms with Crippen molar-refractivity contribution >= 4 is 5.96 Å². The van der Waals surface area contributed by atoms with Crippen LogP contribution in [0.5, 0.6) is 5.88 Å². The highest BCUT2D eigenvalue weighted by molar-refractivity contribution is 5.80. The second-order valence-electron chi connectivity index (χ2n) is 7.35. The first kappa shape index (κ1) is 20.9. The number of methoxy groups -OCH3 is 1. The summed E-state index contributed by atoms with van der Waals surface area (Å²) in [7, 11) is 1.64. The van der Waals surface area contributed by atoms with Crippen molar-refractivity contribution < 1.29 is 14.2 Å². The quantitative estimate of drug-likeness (QED) is 0.570. The molecule has 1 unspecified atom stereocenters. The summed E-state index contributed by atoms with van der Waals surface area (Å²) in [5.74, 6) is 1.58. The molecule has 3 heterocycles. The SMILES string of the molecule is CCNC(=NCc1cccnc1OC)N1CCC(OCC2CCCCO2)CC1. The second kappa shape index (κ2) is 11.2. The summed E-state index contributed by atoms with van der Waals surface area (Å²) in [5.41, 5.74) is 0.992. The fourth-order valence-corrected chi connectivity index (χ4v) is 3.73. The van der Waals surface area contributed by atoms with Crippen LogP contribution in [0.1, 0.15) is 44.6 Å². The van der Waals surface area contributed by atoms with Gasteiger partial charge in [-0.05, 0) is 45.1 Å². The molecule has 0 amide bonds. The molecule has 7 nitrogen and oxygen atoms in total. The van der Waals surface area contributed by atoms with E-state index in [-0.39, 0.29) is 0 Å². The van der Waals surface area contributed by atoms with E-state index in [0.29, 0.717) is 24.6 Å². The first-order valence-corrected chi connectivity index (χ1v) is 10.5. The predicted molar refractivity (Wildman–Crippen MR) is 110 cm³/mol. The van der Waals surface area contributed by atoms with Crippen molar-refractivity contribution in [1.29, 1.82) is 0 Å². The lowest BCUT2D eigenvalue weighted by molar-refractivity contribution is -0.0721. The van der Waals surface area contributed by atoms with Gasteiger partial charge in [0.2, 0.25) is 5.88 Å². The van der Waals surface area contributed by atoms with Gasteiger partial charge in [-0.15, -0.1) is 0 Å². The van der Waals surface area contributed by atoms with Gasteiger partial charge in [-0.25, -0.2) is 9.98 Å². The van der Waals surface area contributed by atoms with E-state index in [2.05, 4.69) is 22.1 Å². The van der Waals surface area contributed by atoms with Gasteiger partial charge >= 0.3 is 0 Å². The molecular weight excluding hydrogens is 356 g/mol. The number of aliphatic imine (C=N–C) groups is 1. The molecule has 0 radical (unpaired) electrons. The Morgan fingerprint density at radius 3 is 2.89 bits per heavy atom. The Labute approximate surface area is 168 Å². The number of guanidine groups is 1. The van der Waals surface area contributed by atoms with Crippen LogP contribution < -0.4 is 10.1 Å². The van der Waals surface area contributed by atoms with E-state index < -0.39 is 0 Å². The first-order valence-electron chi connectivity index (χ1n) is 10.5. The number of piperidine rings is 1. The van der Waals surface area contributed by atoms with Crippen LogP contribution in [0.2, 0.25) is 0 Å². The summed E-state index contributed by atoms with van der Waals surface area (Å²) in [6.07, 6.45) is 7.97. The van der Waals surface area contributed by atoms with Gasteiger partial charge in [0.15, 0.2) is 5.96 Å². The molecule has 3 rings (SSSR count). The minimum absolute atomic E-state index is 0.292. The molecule has 1 aromatic heterocycles. The zero-order valence-corrected chi connectivity index (χ0v) is 17.2. The Balaban J connectivity index is 1.49. The first-order chi connectivity index (χ1) is 13.8. The Hall–Kier alpha value is -1.86. The van der Waals surface area contributed by atoms with Crippen molar-refractivity contribution in [1.82, 2.24) is 15.2 Å². The molecule has 1 N–H and O–H groups in total. The molecule has 2 saturated heterocycles. The molecule has 156 valence electrons. The van der Waals surface area contributed by atoms with Gasteiger partial charge in [-0.1, -0.05) is 6.07 Å². The van der Waals surface area contributed by atoms with Crippen LogP contribution in [0.15, 0.2) is 23.3 Å². The van der Waals surface area contributed by atoms with Gasteiger partial charge < -0.3 is 24.4 Å². The molecule has 0 aliphatic carbocycles. The summed E-state index contributed by atoms with van der Waals surface area (Å²) in [4.78, 5) is 11.4. The highest BCUT2D eigenvalue weighted by atomic mass is 16.5. The van der Waals surface area contributed by atoms with E-state index in [9.17, 15) is 0 Å². The smallest absolute Gasteiger partial charge is 0.218 e. The number of ether oxygens (including phenoxy) is 3. The van der Waals surface area contributed by atoms with E-state index in [4.69, 9.17) is 19.2 Å². The molecule has 0 aromatic carbocycles. The standard InChI is InChI=1S/C21H34N4O3/c1-3-22-21(24-15-17-7-6-11-23-20(17)26-2)25-12-9-18(10-13-25)28-16-19-8-4-5-14-27-19/h6-7,11,18-19H,3-5,8-10,12-16H2,1-2H3,(H,22,24). The summed E-state index contributed by atoms with van der Waals surface area (Å²) in [6, 6.07) is 3.92. The predicted octanol–water partition coefficient (Wildman–Crippen LogP) is 2.61. The van der Waals surface area contributed by atoms with E-state index >= 15 is 0 Å². The molecule has 2 fully saturated rings. The lowest BCUT2D eigenvalue weighted by atomic mass is 10.1. The minimum atomic E-state index is 0.292. The lowest BCUT2D eigenvalue weighted by Gasteiger charge is -2.35. The summed E-state index contributed by atoms with van der Waals surface area (Å²) in [6.45, 7) is 7.02. The number of nitrogens with zero attached hydrogens (tertiary/aromatic N) is 3. The minimum Gasteiger partial charge on any atom is -0.481 e. The van der Waals surface area contributed by atoms with E-state index in [1.807, 2.05) is 12.1 Å². The Kier molecular flexibility index (Phi) is 8.36. The molecule has 0 spiro atoms. The molecule has 0 saturated carbocycles. The molecular formula is C21H34N4O3. The summed E-state index contributed by atoms with van der Waals surface area (Å²) >= 11 is 0. The van der Waals surface area contributed by atoms with E-state index in [0.717, 1.165) is 63.6 Å². The van der Waals surface area contributed by atoms with Crippen LogP contribution in [-0.2, 0) is 16.0 Å². The van der Waals surface area contributed by atoms with Crippen LogP contribution >= 0.6 is 0 Å². The molecule has 7 heteroatoms. The molecule has 1 atom stereocenters. The number of hydrogen-bond donors (Lipinski definition) is 1. The lowest BCUT2D eigenvalue weighted by Crippen LogP contribution is -2.47. The monoisotopic (exact) mass is 390 g/mol. The average molecular weight is 391 g/mol. The largest absolute Gasteiger partial charge is 0.481 e. The van der Waals surface area contributed by atoms with Gasteiger partial charge in [0.05, 0.1) is 32.5 Å². The molecule has 1 aromatic rings. The molecule has 2 aliphatic heterocycles. The highest BCUT2D eigenvalue weighted by Gasteiger charge is 2.23. The van der Waals surface area contributed by atoms with Crippen molar-refractivity contribution in [2.75, 3.05) is 40.0 Å². The second-order valence-corrected chi connectivity index (χ2v) is 7.35. The average Bonchev–Trinajstić information content (AvgIpc) is 2.76. The number of pyridine rings is 1. The van der Waals surface area contributed by atoms with Crippen molar-refractivity contribution in [2.24, 2.45) is 4.99 Å². The fourth-order valence-electron chi connectivity index (χ4n) is 3.73. The van der Waals surface area contributed by atoms with Crippen LogP contribution in [0.4, 0.5) is 0 Å². The Morgan fingerprint density at radius 2 is 2.18 bits per heavy atom. The fraction of sp³-hybridized carbons (Fsp3) is 0.714. The molecule has 2 aliphatic rings. The van der Waals surface area contributed by atoms with Crippen molar-refractivity contribution in [3.63, 3.8) is 0 Å². The number of likely N-dealkylation sites (tertiary alicyclic amines) is 1. The van der Waals surface area contributed by atoms with Crippen molar-refractivity contribution in [3.8, 4) is 5.88 Å². The van der Waals surface area contributed by atoms with Gasteiger partial charge in [0, 0.05) is 38.0 Å². The zero-order chi connectivity index (χ0) is 19.6. The van der Waals surface area contributed by atoms with Crippen LogP contribution in [0, 0.1) is 0 Å². The maximum Gasteiger partial charge on any atom is 0.218 e. The van der Waals surface area contributed by atoms with Gasteiger partial charge in [0.25, 0.3) is 0 Å². The van der Waals surface area contributed by atoms with Crippen LogP contribution in [0.25, 0.3) is 0 Å². The topological polar surface area (TPSA) is 68.2 Å². The molecule has 0 bridgehead atoms. The number of nitrogens with one attached hydrogen (secondary N) is 1. The highest BCUT2D eigenvalue weighted by Crippen LogP contribution is 2.19. The third kappa shape index (κ3) is 6.07. The zero-order valence-electron chi connectivity index (χ0n) is 17.2. The van der Waals surface area contributed by atoms with Crippen LogP contribution in [0.3, 0.4) is 0 Å². The van der Waals surface area contributed by atoms with Gasteiger partial charge in [-0.2, -0.15) is 0 Å². The Bertz CT molecular complexity index is 611. The third-order valence-electron chi connectivity index (χ3n) is 5.31. The van der Waals surface area contributed by atoms with Gasteiger partial charge in [0.1, 0.15) is 0 Å². The maximum atomic E-state index is 6.13. The summed E-state index contributed by atoms with van der Waals surface area (Å²) in [5, 5.41) is 3.41. The Morgan fingerprint density at radius 1 is 1.32 bits per heavy atom. The van der Waals surface area contributed by atoms with E-state index in [1.165, 1.54) is 12.8 Å². The number of rotatable bonds is 7. The number of aromatic nitrogens is 1. The van der Waals surface area contributed by atoms with Crippen molar-refractivity contribution in [2.45, 2.75) is 57.8 Å².